The molecule has 0 aliphatic carbocycles. The zero-order chi connectivity index (χ0) is 13.4. The van der Waals surface area contributed by atoms with Crippen LogP contribution in [0.15, 0.2) is 49.6 Å². The molecular formula is C13H11Br2N3S. The van der Waals surface area contributed by atoms with Crippen LogP contribution < -0.4 is 10.6 Å². The maximum Gasteiger partial charge on any atom is 0.196 e. The minimum absolute atomic E-state index is 0.160. The number of rotatable bonds is 2. The van der Waals surface area contributed by atoms with Crippen LogP contribution in [0.25, 0.3) is 0 Å². The molecule has 1 aliphatic heterocycles. The zero-order valence-electron chi connectivity index (χ0n) is 9.88. The third-order valence-electron chi connectivity index (χ3n) is 3.04. The summed E-state index contributed by atoms with van der Waals surface area (Å²) in [7, 11) is 0. The minimum atomic E-state index is 0.160. The molecule has 1 aromatic carbocycles. The first kappa shape index (κ1) is 13.1. The van der Waals surface area contributed by atoms with E-state index in [9.17, 15) is 0 Å². The van der Waals surface area contributed by atoms with Gasteiger partial charge in [-0.25, -0.2) is 0 Å². The van der Waals surface area contributed by atoms with Crippen LogP contribution in [0.3, 0.4) is 0 Å². The number of hydrogen-bond donors (Lipinski definition) is 1. The van der Waals surface area contributed by atoms with Crippen molar-refractivity contribution in [1.29, 1.82) is 0 Å². The minimum Gasteiger partial charge on any atom is -0.369 e. The van der Waals surface area contributed by atoms with Gasteiger partial charge in [0.15, 0.2) is 5.96 Å². The second-order valence-corrected chi connectivity index (χ2v) is 6.83. The highest BCUT2D eigenvalue weighted by molar-refractivity contribution is 9.11. The van der Waals surface area contributed by atoms with Crippen molar-refractivity contribution in [1.82, 2.24) is 0 Å². The molecule has 2 N–H and O–H groups in total. The van der Waals surface area contributed by atoms with Gasteiger partial charge in [0, 0.05) is 13.8 Å². The highest BCUT2D eigenvalue weighted by Crippen LogP contribution is 2.39. The summed E-state index contributed by atoms with van der Waals surface area (Å²) in [5.41, 5.74) is 7.12. The van der Waals surface area contributed by atoms with Crippen molar-refractivity contribution in [3.8, 4) is 0 Å². The lowest BCUT2D eigenvalue weighted by atomic mass is 10.2. The number of para-hydroxylation sites is 1. The molecule has 0 bridgehead atoms. The number of nitrogens with two attached hydrogens (primary N) is 1. The molecule has 0 saturated carbocycles. The number of guanidine groups is 1. The first-order valence-corrected chi connectivity index (χ1v) is 8.21. The molecule has 19 heavy (non-hydrogen) atoms. The Morgan fingerprint density at radius 3 is 2.68 bits per heavy atom. The van der Waals surface area contributed by atoms with Crippen molar-refractivity contribution in [2.45, 2.75) is 6.04 Å². The van der Waals surface area contributed by atoms with Gasteiger partial charge in [0.05, 0.1) is 18.3 Å². The van der Waals surface area contributed by atoms with Crippen LogP contribution in [0.5, 0.6) is 0 Å². The molecule has 3 rings (SSSR count). The van der Waals surface area contributed by atoms with Gasteiger partial charge in [-0.05, 0) is 55.4 Å². The standard InChI is InChI=1S/C13H11Br2N3S/c14-8-3-1-2-4-10(8)18-11(7-17-13(18)16)12-9(15)5-6-19-12/h1-6,11H,7H2,(H2,16,17). The number of anilines is 1. The molecule has 0 radical (unpaired) electrons. The van der Waals surface area contributed by atoms with Crippen LogP contribution in [-0.4, -0.2) is 12.5 Å². The number of thiophene rings is 1. The van der Waals surface area contributed by atoms with Crippen molar-refractivity contribution in [3.05, 3.63) is 49.5 Å². The molecule has 1 atom stereocenters. The van der Waals surface area contributed by atoms with Crippen LogP contribution in [0.1, 0.15) is 10.9 Å². The fraction of sp³-hybridized carbons (Fsp3) is 0.154. The second-order valence-electron chi connectivity index (χ2n) is 4.17. The van der Waals surface area contributed by atoms with Gasteiger partial charge in [-0.2, -0.15) is 0 Å². The largest absolute Gasteiger partial charge is 0.369 e. The van der Waals surface area contributed by atoms with Crippen molar-refractivity contribution in [2.75, 3.05) is 11.4 Å². The lowest BCUT2D eigenvalue weighted by molar-refractivity contribution is 0.780. The Morgan fingerprint density at radius 2 is 2.00 bits per heavy atom. The van der Waals surface area contributed by atoms with E-state index in [0.717, 1.165) is 14.6 Å². The quantitative estimate of drug-likeness (QED) is 0.822. The molecule has 0 saturated heterocycles. The molecule has 98 valence electrons. The molecule has 1 aliphatic rings. The molecule has 0 amide bonds. The lowest BCUT2D eigenvalue weighted by Crippen LogP contribution is -2.36. The molecule has 2 heterocycles. The van der Waals surface area contributed by atoms with E-state index in [1.807, 2.05) is 24.3 Å². The Morgan fingerprint density at radius 1 is 1.21 bits per heavy atom. The summed E-state index contributed by atoms with van der Waals surface area (Å²) in [6.45, 7) is 0.687. The van der Waals surface area contributed by atoms with Gasteiger partial charge >= 0.3 is 0 Å². The van der Waals surface area contributed by atoms with Crippen LogP contribution >= 0.6 is 43.2 Å². The second kappa shape index (κ2) is 5.26. The van der Waals surface area contributed by atoms with E-state index in [4.69, 9.17) is 5.73 Å². The predicted octanol–water partition coefficient (Wildman–Crippen LogP) is 4.15. The maximum atomic E-state index is 6.07. The first-order chi connectivity index (χ1) is 9.18. The Balaban J connectivity index is 2.05. The topological polar surface area (TPSA) is 41.6 Å². The van der Waals surface area contributed by atoms with E-state index in [2.05, 4.69) is 53.2 Å². The van der Waals surface area contributed by atoms with Crippen molar-refractivity contribution < 1.29 is 0 Å². The summed E-state index contributed by atoms with van der Waals surface area (Å²) in [5, 5.41) is 2.08. The summed E-state index contributed by atoms with van der Waals surface area (Å²) >= 11 is 8.90. The lowest BCUT2D eigenvalue weighted by Gasteiger charge is -2.26. The van der Waals surface area contributed by atoms with E-state index in [1.54, 1.807) is 11.3 Å². The normalized spacial score (nSPS) is 18.7. The zero-order valence-corrected chi connectivity index (χ0v) is 13.9. The van der Waals surface area contributed by atoms with E-state index < -0.39 is 0 Å². The van der Waals surface area contributed by atoms with Gasteiger partial charge in [-0.15, -0.1) is 11.3 Å². The van der Waals surface area contributed by atoms with E-state index in [-0.39, 0.29) is 6.04 Å². The summed E-state index contributed by atoms with van der Waals surface area (Å²) in [4.78, 5) is 7.73. The molecular weight excluding hydrogens is 390 g/mol. The highest BCUT2D eigenvalue weighted by Gasteiger charge is 2.31. The maximum absolute atomic E-state index is 6.07. The third kappa shape index (κ3) is 2.32. The first-order valence-electron chi connectivity index (χ1n) is 5.75. The molecule has 1 unspecified atom stereocenters. The van der Waals surface area contributed by atoms with E-state index in [1.165, 1.54) is 4.88 Å². The SMILES string of the molecule is NC1=NCC(c2sccc2Br)N1c1ccccc1Br. The number of hydrogen-bond acceptors (Lipinski definition) is 4. The van der Waals surface area contributed by atoms with Crippen LogP contribution in [-0.2, 0) is 0 Å². The molecule has 0 fully saturated rings. The fourth-order valence-corrected chi connectivity index (χ4v) is 4.38. The van der Waals surface area contributed by atoms with E-state index >= 15 is 0 Å². The van der Waals surface area contributed by atoms with Gasteiger partial charge in [-0.1, -0.05) is 12.1 Å². The van der Waals surface area contributed by atoms with Gasteiger partial charge in [0.1, 0.15) is 0 Å². The highest BCUT2D eigenvalue weighted by atomic mass is 79.9. The molecule has 1 aromatic heterocycles. The van der Waals surface area contributed by atoms with Crippen molar-refractivity contribution in [2.24, 2.45) is 10.7 Å². The van der Waals surface area contributed by atoms with Gasteiger partial charge in [0.2, 0.25) is 0 Å². The fourth-order valence-electron chi connectivity index (χ4n) is 2.18. The Bertz CT molecular complexity index is 638. The third-order valence-corrected chi connectivity index (χ3v) is 5.69. The summed E-state index contributed by atoms with van der Waals surface area (Å²) in [6.07, 6.45) is 0. The summed E-state index contributed by atoms with van der Waals surface area (Å²) < 4.78 is 2.14. The van der Waals surface area contributed by atoms with Gasteiger partial charge in [-0.3, -0.25) is 4.99 Å². The Hall–Kier alpha value is -0.850. The van der Waals surface area contributed by atoms with Gasteiger partial charge < -0.3 is 10.6 Å². The summed E-state index contributed by atoms with van der Waals surface area (Å²) in [5.74, 6) is 0.567. The van der Waals surface area contributed by atoms with Crippen molar-refractivity contribution in [3.63, 3.8) is 0 Å². The van der Waals surface area contributed by atoms with Crippen LogP contribution in [0.4, 0.5) is 5.69 Å². The molecule has 3 nitrogen and oxygen atoms in total. The smallest absolute Gasteiger partial charge is 0.196 e. The molecule has 6 heteroatoms. The average Bonchev–Trinajstić information content (AvgIpc) is 2.96. The Labute approximate surface area is 132 Å². The van der Waals surface area contributed by atoms with Crippen molar-refractivity contribution >= 4 is 54.8 Å². The number of halogens is 2. The summed E-state index contributed by atoms with van der Waals surface area (Å²) in [6, 6.07) is 10.3. The Kier molecular flexibility index (Phi) is 3.64. The van der Waals surface area contributed by atoms with Gasteiger partial charge in [0.25, 0.3) is 0 Å². The number of nitrogens with zero attached hydrogens (tertiary/aromatic N) is 2. The number of aliphatic imine (C=N–C) groups is 1. The average molecular weight is 401 g/mol. The van der Waals surface area contributed by atoms with E-state index in [0.29, 0.717) is 12.5 Å². The monoisotopic (exact) mass is 399 g/mol. The molecule has 2 aromatic rings. The predicted molar refractivity (Wildman–Crippen MR) is 87.9 cm³/mol. The molecule has 0 spiro atoms. The van der Waals surface area contributed by atoms with Crippen LogP contribution in [0.2, 0.25) is 0 Å². The van der Waals surface area contributed by atoms with Crippen LogP contribution in [0, 0.1) is 0 Å². The number of benzene rings is 1.